The lowest BCUT2D eigenvalue weighted by Gasteiger charge is -2.35. The number of likely N-dealkylation sites (tertiary alicyclic amines) is 1. The minimum Gasteiger partial charge on any atom is -0.379 e. The SMILES string of the molecule is CC(C)N1CCC(Nc2cccnc2N2CCCC2)CC1. The molecule has 0 atom stereocenters. The Morgan fingerprint density at radius 2 is 1.86 bits per heavy atom. The molecule has 0 bridgehead atoms. The van der Waals surface area contributed by atoms with Gasteiger partial charge in [-0.05, 0) is 51.7 Å². The first-order chi connectivity index (χ1) is 10.2. The molecule has 3 rings (SSSR count). The van der Waals surface area contributed by atoms with Gasteiger partial charge in [0.05, 0.1) is 5.69 Å². The predicted octanol–water partition coefficient (Wildman–Crippen LogP) is 2.97. The highest BCUT2D eigenvalue weighted by Crippen LogP contribution is 2.28. The van der Waals surface area contributed by atoms with Crippen LogP contribution >= 0.6 is 0 Å². The van der Waals surface area contributed by atoms with Crippen molar-refractivity contribution in [2.24, 2.45) is 0 Å². The number of aromatic nitrogens is 1. The van der Waals surface area contributed by atoms with Crippen molar-refractivity contribution < 1.29 is 0 Å². The number of nitrogens with zero attached hydrogens (tertiary/aromatic N) is 3. The van der Waals surface area contributed by atoms with Crippen LogP contribution in [0.15, 0.2) is 18.3 Å². The molecule has 0 amide bonds. The average Bonchev–Trinajstić information content (AvgIpc) is 3.02. The highest BCUT2D eigenvalue weighted by molar-refractivity contribution is 5.66. The van der Waals surface area contributed by atoms with Crippen molar-refractivity contribution in [3.05, 3.63) is 18.3 Å². The smallest absolute Gasteiger partial charge is 0.151 e. The molecular formula is C17H28N4. The predicted molar refractivity (Wildman–Crippen MR) is 89.0 cm³/mol. The molecule has 0 aromatic carbocycles. The zero-order chi connectivity index (χ0) is 14.7. The highest BCUT2D eigenvalue weighted by Gasteiger charge is 2.23. The molecule has 4 nitrogen and oxygen atoms in total. The molecule has 0 aliphatic carbocycles. The minimum absolute atomic E-state index is 0.588. The summed E-state index contributed by atoms with van der Waals surface area (Å²) in [4.78, 5) is 9.62. The van der Waals surface area contributed by atoms with Gasteiger partial charge in [0.15, 0.2) is 5.82 Å². The molecule has 2 aliphatic rings. The number of pyridine rings is 1. The van der Waals surface area contributed by atoms with Gasteiger partial charge in [0, 0.05) is 44.5 Å². The normalized spacial score (nSPS) is 21.2. The molecule has 21 heavy (non-hydrogen) atoms. The van der Waals surface area contributed by atoms with E-state index in [-0.39, 0.29) is 0 Å². The van der Waals surface area contributed by atoms with Crippen LogP contribution < -0.4 is 10.2 Å². The molecule has 1 aromatic rings. The first-order valence-electron chi connectivity index (χ1n) is 8.44. The van der Waals surface area contributed by atoms with Crippen molar-refractivity contribution in [3.8, 4) is 0 Å². The quantitative estimate of drug-likeness (QED) is 0.923. The third-order valence-corrected chi connectivity index (χ3v) is 4.81. The number of hydrogen-bond donors (Lipinski definition) is 1. The molecule has 1 aromatic heterocycles. The fourth-order valence-corrected chi connectivity index (χ4v) is 3.47. The third kappa shape index (κ3) is 3.49. The van der Waals surface area contributed by atoms with Crippen molar-refractivity contribution in [3.63, 3.8) is 0 Å². The Morgan fingerprint density at radius 1 is 1.14 bits per heavy atom. The maximum Gasteiger partial charge on any atom is 0.151 e. The summed E-state index contributed by atoms with van der Waals surface area (Å²) < 4.78 is 0. The van der Waals surface area contributed by atoms with E-state index < -0.39 is 0 Å². The number of anilines is 2. The average molecular weight is 288 g/mol. The summed E-state index contributed by atoms with van der Waals surface area (Å²) in [6.45, 7) is 9.29. The van der Waals surface area contributed by atoms with Gasteiger partial charge >= 0.3 is 0 Å². The van der Waals surface area contributed by atoms with E-state index in [1.165, 1.54) is 44.5 Å². The van der Waals surface area contributed by atoms with Crippen LogP contribution in [0.1, 0.15) is 39.5 Å². The van der Waals surface area contributed by atoms with Crippen LogP contribution in [0.3, 0.4) is 0 Å². The molecule has 4 heteroatoms. The third-order valence-electron chi connectivity index (χ3n) is 4.81. The van der Waals surface area contributed by atoms with Crippen molar-refractivity contribution >= 4 is 11.5 Å². The van der Waals surface area contributed by atoms with Crippen LogP contribution in [0.4, 0.5) is 11.5 Å². The van der Waals surface area contributed by atoms with Crippen molar-refractivity contribution in [1.29, 1.82) is 0 Å². The van der Waals surface area contributed by atoms with Gasteiger partial charge in [-0.3, -0.25) is 0 Å². The topological polar surface area (TPSA) is 31.4 Å². The Labute approximate surface area is 128 Å². The zero-order valence-corrected chi connectivity index (χ0v) is 13.4. The summed E-state index contributed by atoms with van der Waals surface area (Å²) in [6, 6.07) is 5.50. The van der Waals surface area contributed by atoms with E-state index in [0.29, 0.717) is 12.1 Å². The highest BCUT2D eigenvalue weighted by atomic mass is 15.2. The van der Waals surface area contributed by atoms with Gasteiger partial charge in [-0.25, -0.2) is 4.98 Å². The first kappa shape index (κ1) is 14.6. The lowest BCUT2D eigenvalue weighted by molar-refractivity contribution is 0.177. The van der Waals surface area contributed by atoms with E-state index in [1.54, 1.807) is 0 Å². The summed E-state index contributed by atoms with van der Waals surface area (Å²) in [5.41, 5.74) is 1.22. The lowest BCUT2D eigenvalue weighted by Crippen LogP contribution is -2.42. The summed E-state index contributed by atoms with van der Waals surface area (Å²) in [5.74, 6) is 1.15. The van der Waals surface area contributed by atoms with E-state index in [0.717, 1.165) is 18.9 Å². The molecule has 3 heterocycles. The second-order valence-electron chi connectivity index (χ2n) is 6.62. The Hall–Kier alpha value is -1.29. The van der Waals surface area contributed by atoms with Gasteiger partial charge < -0.3 is 15.1 Å². The molecule has 2 aliphatic heterocycles. The zero-order valence-electron chi connectivity index (χ0n) is 13.4. The number of hydrogen-bond acceptors (Lipinski definition) is 4. The summed E-state index contributed by atoms with van der Waals surface area (Å²) in [6.07, 6.45) is 6.96. The monoisotopic (exact) mass is 288 g/mol. The number of piperidine rings is 1. The van der Waals surface area contributed by atoms with Crippen molar-refractivity contribution in [2.75, 3.05) is 36.4 Å². The van der Waals surface area contributed by atoms with Crippen LogP contribution in [-0.2, 0) is 0 Å². The fraction of sp³-hybridized carbons (Fsp3) is 0.706. The van der Waals surface area contributed by atoms with Crippen molar-refractivity contribution in [2.45, 2.75) is 51.6 Å². The Bertz CT molecular complexity index is 446. The van der Waals surface area contributed by atoms with Gasteiger partial charge in [0.1, 0.15) is 0 Å². The van der Waals surface area contributed by atoms with Crippen LogP contribution in [0, 0.1) is 0 Å². The van der Waals surface area contributed by atoms with Gasteiger partial charge in [-0.15, -0.1) is 0 Å². The molecule has 0 radical (unpaired) electrons. The largest absolute Gasteiger partial charge is 0.379 e. The lowest BCUT2D eigenvalue weighted by atomic mass is 10.0. The van der Waals surface area contributed by atoms with Gasteiger partial charge in [0.2, 0.25) is 0 Å². The summed E-state index contributed by atoms with van der Waals surface area (Å²) >= 11 is 0. The number of nitrogens with one attached hydrogen (secondary N) is 1. The molecular weight excluding hydrogens is 260 g/mol. The van der Waals surface area contributed by atoms with Crippen LogP contribution in [0.5, 0.6) is 0 Å². The van der Waals surface area contributed by atoms with E-state index >= 15 is 0 Å². The maximum atomic E-state index is 4.62. The van der Waals surface area contributed by atoms with E-state index in [9.17, 15) is 0 Å². The molecule has 0 spiro atoms. The van der Waals surface area contributed by atoms with Crippen LogP contribution in [-0.4, -0.2) is 48.1 Å². The van der Waals surface area contributed by atoms with Crippen molar-refractivity contribution in [1.82, 2.24) is 9.88 Å². The minimum atomic E-state index is 0.588. The Balaban J connectivity index is 1.63. The van der Waals surface area contributed by atoms with Gasteiger partial charge in [-0.1, -0.05) is 0 Å². The molecule has 1 N–H and O–H groups in total. The second-order valence-corrected chi connectivity index (χ2v) is 6.62. The number of rotatable bonds is 4. The second kappa shape index (κ2) is 6.65. The molecule has 2 fully saturated rings. The standard InChI is InChI=1S/C17H28N4/c1-14(2)20-12-7-15(8-13-20)19-16-6-5-9-18-17(16)21-10-3-4-11-21/h5-6,9,14-15,19H,3-4,7-8,10-13H2,1-2H3. The summed E-state index contributed by atoms with van der Waals surface area (Å²) in [7, 11) is 0. The molecule has 116 valence electrons. The van der Waals surface area contributed by atoms with E-state index in [1.807, 2.05) is 12.3 Å². The maximum absolute atomic E-state index is 4.62. The molecule has 0 unspecified atom stereocenters. The Morgan fingerprint density at radius 3 is 2.52 bits per heavy atom. The fourth-order valence-electron chi connectivity index (χ4n) is 3.47. The molecule has 0 saturated carbocycles. The van der Waals surface area contributed by atoms with Crippen LogP contribution in [0.2, 0.25) is 0 Å². The first-order valence-corrected chi connectivity index (χ1v) is 8.44. The Kier molecular flexibility index (Phi) is 4.63. The van der Waals surface area contributed by atoms with Gasteiger partial charge in [0.25, 0.3) is 0 Å². The van der Waals surface area contributed by atoms with E-state index in [2.05, 4.69) is 40.0 Å². The summed E-state index contributed by atoms with van der Waals surface area (Å²) in [5, 5.41) is 3.75. The van der Waals surface area contributed by atoms with Crippen LogP contribution in [0.25, 0.3) is 0 Å². The molecule has 2 saturated heterocycles. The van der Waals surface area contributed by atoms with Gasteiger partial charge in [-0.2, -0.15) is 0 Å². The van der Waals surface area contributed by atoms with E-state index in [4.69, 9.17) is 0 Å².